The van der Waals surface area contributed by atoms with Crippen LogP contribution in [-0.2, 0) is 22.3 Å². The third-order valence-electron chi connectivity index (χ3n) is 9.33. The second kappa shape index (κ2) is 15.0. The number of benzene rings is 4. The number of piperazine rings is 1. The largest absolute Gasteiger partial charge is 0.444 e. The van der Waals surface area contributed by atoms with Gasteiger partial charge in [-0.25, -0.2) is 4.79 Å². The zero-order valence-electron chi connectivity index (χ0n) is 28.2. The Bertz CT molecular complexity index is 1490. The molecular weight excluding hydrogens is 599 g/mol. The van der Waals surface area contributed by atoms with Gasteiger partial charge in [0.05, 0.1) is 10.8 Å². The maximum absolute atomic E-state index is 13.2. The first-order chi connectivity index (χ1) is 22.8. The van der Waals surface area contributed by atoms with E-state index >= 15 is 0 Å². The Morgan fingerprint density at radius 2 is 1.30 bits per heavy atom. The van der Waals surface area contributed by atoms with Crippen molar-refractivity contribution in [2.24, 2.45) is 0 Å². The summed E-state index contributed by atoms with van der Waals surface area (Å²) in [5.74, 6) is 0.713. The molecule has 1 atom stereocenters. The van der Waals surface area contributed by atoms with Crippen molar-refractivity contribution < 1.29 is 9.53 Å². The van der Waals surface area contributed by atoms with Crippen molar-refractivity contribution in [1.29, 1.82) is 0 Å². The zero-order valence-corrected chi connectivity index (χ0v) is 29.0. The Labute approximate surface area is 285 Å². The first-order valence-corrected chi connectivity index (χ1v) is 18.2. The van der Waals surface area contributed by atoms with Gasteiger partial charge in [-0.15, -0.1) is 11.8 Å². The Balaban J connectivity index is 1.25. The van der Waals surface area contributed by atoms with Crippen LogP contribution in [0.25, 0.3) is 0 Å². The van der Waals surface area contributed by atoms with E-state index in [9.17, 15) is 4.79 Å². The maximum Gasteiger partial charge on any atom is 0.407 e. The van der Waals surface area contributed by atoms with Gasteiger partial charge in [0, 0.05) is 44.2 Å². The van der Waals surface area contributed by atoms with Gasteiger partial charge < -0.3 is 15.0 Å². The predicted octanol–water partition coefficient (Wildman–Crippen LogP) is 8.31. The molecule has 1 fully saturated rings. The zero-order chi connectivity index (χ0) is 32.7. The van der Waals surface area contributed by atoms with Crippen molar-refractivity contribution in [3.05, 3.63) is 137 Å². The number of carbonyl (C=O) groups excluding carboxylic acids is 1. The summed E-state index contributed by atoms with van der Waals surface area (Å²) in [6.45, 7) is 10.4. The molecule has 1 heterocycles. The van der Waals surface area contributed by atoms with Gasteiger partial charge in [0.1, 0.15) is 5.60 Å². The summed E-state index contributed by atoms with van der Waals surface area (Å²) in [7, 11) is 0. The number of hydrogen-bond acceptors (Lipinski definition) is 5. The number of fused-ring (bicyclic) bond motifs is 1. The lowest BCUT2D eigenvalue weighted by atomic mass is 9.84. The number of nitrogens with one attached hydrogen (secondary N) is 1. The number of alkyl carbamates (subject to hydrolysis) is 1. The monoisotopic (exact) mass is 647 g/mol. The summed E-state index contributed by atoms with van der Waals surface area (Å²) >= 11 is 1.89. The van der Waals surface area contributed by atoms with Gasteiger partial charge in [-0.05, 0) is 80.3 Å². The van der Waals surface area contributed by atoms with E-state index in [1.54, 1.807) is 5.56 Å². The quantitative estimate of drug-likeness (QED) is 0.176. The Hall–Kier alpha value is -3.74. The van der Waals surface area contributed by atoms with Gasteiger partial charge in [0.2, 0.25) is 0 Å². The summed E-state index contributed by atoms with van der Waals surface area (Å²) in [6.07, 6.45) is 4.62. The highest BCUT2D eigenvalue weighted by Crippen LogP contribution is 2.48. The van der Waals surface area contributed by atoms with E-state index in [0.717, 1.165) is 32.7 Å². The van der Waals surface area contributed by atoms with Crippen LogP contribution in [0.2, 0.25) is 0 Å². The molecular formula is C41H49N3O2S. The number of amides is 1. The van der Waals surface area contributed by atoms with Gasteiger partial charge in [-0.3, -0.25) is 4.90 Å². The van der Waals surface area contributed by atoms with Crippen LogP contribution in [0.1, 0.15) is 61.4 Å². The minimum absolute atomic E-state index is 0.110. The molecule has 0 radical (unpaired) electrons. The molecule has 6 rings (SSSR count). The van der Waals surface area contributed by atoms with Crippen molar-refractivity contribution in [2.45, 2.75) is 62.8 Å². The number of rotatable bonds is 10. The van der Waals surface area contributed by atoms with Crippen LogP contribution in [0.15, 0.2) is 109 Å². The number of hydrogen-bond donors (Lipinski definition) is 1. The first kappa shape index (κ1) is 33.2. The second-order valence-electron chi connectivity index (χ2n) is 13.8. The summed E-state index contributed by atoms with van der Waals surface area (Å²) in [5.41, 5.74) is 7.62. The van der Waals surface area contributed by atoms with Crippen molar-refractivity contribution in [3.8, 4) is 0 Å². The topological polar surface area (TPSA) is 44.8 Å². The van der Waals surface area contributed by atoms with Gasteiger partial charge in [0.25, 0.3) is 0 Å². The first-order valence-electron chi connectivity index (χ1n) is 17.2. The number of aryl methyl sites for hydroxylation is 1. The smallest absolute Gasteiger partial charge is 0.407 e. The van der Waals surface area contributed by atoms with Crippen molar-refractivity contribution in [1.82, 2.24) is 10.2 Å². The number of nitrogens with zero attached hydrogens (tertiary/aromatic N) is 2. The molecule has 6 heteroatoms. The van der Waals surface area contributed by atoms with Crippen LogP contribution < -0.4 is 10.2 Å². The molecule has 2 aliphatic rings. The van der Waals surface area contributed by atoms with Crippen LogP contribution in [0.3, 0.4) is 0 Å². The van der Waals surface area contributed by atoms with Crippen LogP contribution in [0.5, 0.6) is 0 Å². The molecule has 246 valence electrons. The highest BCUT2D eigenvalue weighted by Gasteiger charge is 2.38. The molecule has 1 N–H and O–H groups in total. The minimum atomic E-state index is -0.565. The SMILES string of the molecule is CC(C)(C)OC(=O)N[C@@H](CSC(c1ccccc1)(c1ccccc1)c1ccccc1)CN1CCN(c2cccc3c2CCCC3)CC1. The summed E-state index contributed by atoms with van der Waals surface area (Å²) in [6, 6.07) is 39.1. The minimum Gasteiger partial charge on any atom is -0.444 e. The maximum atomic E-state index is 13.2. The fraction of sp³-hybridized carbons (Fsp3) is 0.390. The average Bonchev–Trinajstić information content (AvgIpc) is 3.09. The van der Waals surface area contributed by atoms with E-state index in [4.69, 9.17) is 4.74 Å². The van der Waals surface area contributed by atoms with E-state index in [1.165, 1.54) is 53.6 Å². The molecule has 4 aromatic carbocycles. The summed E-state index contributed by atoms with van der Waals surface area (Å²) < 4.78 is 5.33. The van der Waals surface area contributed by atoms with E-state index in [2.05, 4.69) is 124 Å². The number of carbonyl (C=O) groups is 1. The molecule has 47 heavy (non-hydrogen) atoms. The molecule has 1 aliphatic heterocycles. The molecule has 1 saturated heterocycles. The number of thioether (sulfide) groups is 1. The summed E-state index contributed by atoms with van der Waals surface area (Å²) in [4.78, 5) is 18.3. The lowest BCUT2D eigenvalue weighted by molar-refractivity contribution is 0.0497. The highest BCUT2D eigenvalue weighted by atomic mass is 32.2. The molecule has 0 aromatic heterocycles. The molecule has 1 aliphatic carbocycles. The second-order valence-corrected chi connectivity index (χ2v) is 15.1. The lowest BCUT2D eigenvalue weighted by Gasteiger charge is -2.40. The van der Waals surface area contributed by atoms with Crippen LogP contribution >= 0.6 is 11.8 Å². The van der Waals surface area contributed by atoms with Gasteiger partial charge in [0.15, 0.2) is 0 Å². The van der Waals surface area contributed by atoms with Crippen molar-refractivity contribution in [2.75, 3.05) is 43.4 Å². The highest BCUT2D eigenvalue weighted by molar-refractivity contribution is 8.00. The molecule has 0 unspecified atom stereocenters. The number of ether oxygens (including phenoxy) is 1. The normalized spacial score (nSPS) is 16.3. The summed E-state index contributed by atoms with van der Waals surface area (Å²) in [5, 5.41) is 3.29. The lowest BCUT2D eigenvalue weighted by Crippen LogP contribution is -2.53. The molecule has 4 aromatic rings. The third-order valence-corrected chi connectivity index (χ3v) is 11.0. The van der Waals surface area contributed by atoms with Gasteiger partial charge >= 0.3 is 6.09 Å². The third kappa shape index (κ3) is 8.05. The molecule has 5 nitrogen and oxygen atoms in total. The van der Waals surface area contributed by atoms with Gasteiger partial charge in [-0.2, -0.15) is 0 Å². The van der Waals surface area contributed by atoms with Crippen molar-refractivity contribution in [3.63, 3.8) is 0 Å². The molecule has 1 amide bonds. The molecule has 0 saturated carbocycles. The fourth-order valence-corrected chi connectivity index (χ4v) is 8.70. The van der Waals surface area contributed by atoms with Crippen LogP contribution in [0, 0.1) is 0 Å². The predicted molar refractivity (Wildman–Crippen MR) is 197 cm³/mol. The van der Waals surface area contributed by atoms with E-state index < -0.39 is 10.3 Å². The fourth-order valence-electron chi connectivity index (χ4n) is 7.15. The van der Waals surface area contributed by atoms with Crippen molar-refractivity contribution >= 4 is 23.5 Å². The molecule has 0 spiro atoms. The van der Waals surface area contributed by atoms with E-state index in [1.807, 2.05) is 32.5 Å². The number of anilines is 1. The average molecular weight is 648 g/mol. The van der Waals surface area contributed by atoms with Gasteiger partial charge in [-0.1, -0.05) is 103 Å². The Morgan fingerprint density at radius 1 is 0.745 bits per heavy atom. The Morgan fingerprint density at radius 3 is 1.85 bits per heavy atom. The standard InChI is InChI=1S/C41H49N3O2S/c1-40(2,3)46-39(45)42-36(30-43-26-28-44(29-27-43)38-25-15-17-32-16-13-14-24-37(32)38)31-47-41(33-18-7-4-8-19-33,34-20-9-5-10-21-34)35-22-11-6-12-23-35/h4-12,15,17-23,25,36H,13-14,16,24,26-31H2,1-3H3,(H,42,45)/t36-/m1/s1. The Kier molecular flexibility index (Phi) is 10.6. The molecule has 0 bridgehead atoms. The van der Waals surface area contributed by atoms with E-state index in [-0.39, 0.29) is 12.1 Å². The van der Waals surface area contributed by atoms with Crippen LogP contribution in [0.4, 0.5) is 10.5 Å². The van der Waals surface area contributed by atoms with E-state index in [0.29, 0.717) is 5.75 Å². The van der Waals surface area contributed by atoms with Crippen LogP contribution in [-0.4, -0.2) is 61.1 Å².